The van der Waals surface area contributed by atoms with E-state index in [1.165, 1.54) is 18.4 Å². The van der Waals surface area contributed by atoms with Gasteiger partial charge in [0, 0.05) is 30.3 Å². The highest BCUT2D eigenvalue weighted by atomic mass is 79.9. The molecule has 0 bridgehead atoms. The molecule has 1 atom stereocenters. The molecule has 1 unspecified atom stereocenters. The Bertz CT molecular complexity index is 238. The Morgan fingerprint density at radius 3 is 2.71 bits per heavy atom. The van der Waals surface area contributed by atoms with Crippen molar-refractivity contribution in [3.8, 4) is 0 Å². The number of nitrogens with one attached hydrogen (secondary N) is 1. The van der Waals surface area contributed by atoms with Gasteiger partial charge in [0.15, 0.2) is 0 Å². The first-order valence-corrected chi connectivity index (χ1v) is 6.17. The zero-order chi connectivity index (χ0) is 10.2. The second kappa shape index (κ2) is 6.96. The minimum Gasteiger partial charge on any atom is -0.310 e. The van der Waals surface area contributed by atoms with Crippen molar-refractivity contribution in [3.63, 3.8) is 0 Å². The molecule has 1 rings (SSSR count). The van der Waals surface area contributed by atoms with E-state index in [1.54, 1.807) is 0 Å². The van der Waals surface area contributed by atoms with Crippen LogP contribution in [-0.2, 0) is 6.54 Å². The van der Waals surface area contributed by atoms with E-state index in [-0.39, 0.29) is 0 Å². The fraction of sp³-hybridized carbons (Fsp3) is 0.545. The summed E-state index contributed by atoms with van der Waals surface area (Å²) in [6.07, 6.45) is 6.03. The van der Waals surface area contributed by atoms with Crippen molar-refractivity contribution in [3.05, 3.63) is 30.1 Å². The van der Waals surface area contributed by atoms with Crippen molar-refractivity contribution < 1.29 is 0 Å². The Kier molecular flexibility index (Phi) is 5.80. The van der Waals surface area contributed by atoms with Crippen LogP contribution in [0.25, 0.3) is 0 Å². The van der Waals surface area contributed by atoms with Gasteiger partial charge in [-0.2, -0.15) is 0 Å². The molecule has 0 aromatic carbocycles. The highest BCUT2D eigenvalue weighted by Crippen LogP contribution is 2.03. The highest BCUT2D eigenvalue weighted by Gasteiger charge is 2.03. The van der Waals surface area contributed by atoms with Crippen molar-refractivity contribution in [2.45, 2.75) is 32.4 Å². The number of halogens is 1. The van der Waals surface area contributed by atoms with E-state index in [9.17, 15) is 0 Å². The minimum atomic E-state index is 0.613. The molecule has 1 N–H and O–H groups in total. The summed E-state index contributed by atoms with van der Waals surface area (Å²) >= 11 is 3.47. The lowest BCUT2D eigenvalue weighted by atomic mass is 10.1. The maximum Gasteiger partial charge on any atom is 0.0271 e. The molecule has 1 aromatic rings. The van der Waals surface area contributed by atoms with E-state index in [1.807, 2.05) is 24.5 Å². The fourth-order valence-corrected chi connectivity index (χ4v) is 1.90. The molecule has 3 heteroatoms. The second-order valence-electron chi connectivity index (χ2n) is 3.32. The van der Waals surface area contributed by atoms with Gasteiger partial charge in [-0.3, -0.25) is 4.98 Å². The molecule has 0 fully saturated rings. The van der Waals surface area contributed by atoms with Gasteiger partial charge in [0.2, 0.25) is 0 Å². The largest absolute Gasteiger partial charge is 0.310 e. The van der Waals surface area contributed by atoms with Crippen molar-refractivity contribution in [2.24, 2.45) is 0 Å². The third-order valence-corrected chi connectivity index (χ3v) is 2.75. The first-order valence-electron chi connectivity index (χ1n) is 5.05. The molecule has 0 saturated heterocycles. The molecule has 1 aromatic heterocycles. The molecule has 0 spiro atoms. The van der Waals surface area contributed by atoms with Crippen LogP contribution in [0.1, 0.15) is 25.3 Å². The average Bonchev–Trinajstić information content (AvgIpc) is 2.25. The van der Waals surface area contributed by atoms with E-state index in [2.05, 4.69) is 33.2 Å². The van der Waals surface area contributed by atoms with Gasteiger partial charge in [-0.15, -0.1) is 0 Å². The zero-order valence-corrected chi connectivity index (χ0v) is 10.1. The van der Waals surface area contributed by atoms with Crippen LogP contribution >= 0.6 is 15.9 Å². The smallest absolute Gasteiger partial charge is 0.0271 e. The van der Waals surface area contributed by atoms with Crippen LogP contribution in [0.5, 0.6) is 0 Å². The van der Waals surface area contributed by atoms with Crippen LogP contribution < -0.4 is 5.32 Å². The van der Waals surface area contributed by atoms with Gasteiger partial charge < -0.3 is 5.32 Å². The highest BCUT2D eigenvalue weighted by molar-refractivity contribution is 9.09. The second-order valence-corrected chi connectivity index (χ2v) is 4.11. The van der Waals surface area contributed by atoms with Gasteiger partial charge in [0.1, 0.15) is 0 Å². The van der Waals surface area contributed by atoms with Crippen molar-refractivity contribution >= 4 is 15.9 Å². The lowest BCUT2D eigenvalue weighted by Crippen LogP contribution is -2.28. The summed E-state index contributed by atoms with van der Waals surface area (Å²) in [7, 11) is 0. The average molecular weight is 257 g/mol. The summed E-state index contributed by atoms with van der Waals surface area (Å²) < 4.78 is 0. The number of rotatable bonds is 6. The Morgan fingerprint density at radius 1 is 1.43 bits per heavy atom. The first-order chi connectivity index (χ1) is 6.86. The summed E-state index contributed by atoms with van der Waals surface area (Å²) in [4.78, 5) is 3.99. The van der Waals surface area contributed by atoms with E-state index in [4.69, 9.17) is 0 Å². The third-order valence-electron chi connectivity index (χ3n) is 2.29. The molecule has 1 heterocycles. The summed E-state index contributed by atoms with van der Waals surface area (Å²) in [6.45, 7) is 3.15. The Morgan fingerprint density at radius 2 is 2.14 bits per heavy atom. The Balaban J connectivity index is 2.32. The van der Waals surface area contributed by atoms with Crippen molar-refractivity contribution in [1.82, 2.24) is 10.3 Å². The Labute approximate surface area is 94.3 Å². The van der Waals surface area contributed by atoms with Gasteiger partial charge in [-0.05, 0) is 30.5 Å². The number of hydrogen-bond donors (Lipinski definition) is 1. The maximum absolute atomic E-state index is 3.99. The first kappa shape index (κ1) is 11.7. The molecule has 0 aliphatic rings. The standard InChI is InChI=1S/C11H17BrN2/c1-2-11(3-6-12)14-9-10-4-7-13-8-5-10/h4-5,7-8,11,14H,2-3,6,9H2,1H3. The quantitative estimate of drug-likeness (QED) is 0.792. The molecule has 0 saturated carbocycles. The van der Waals surface area contributed by atoms with Crippen LogP contribution in [0.2, 0.25) is 0 Å². The van der Waals surface area contributed by atoms with Crippen LogP contribution in [0, 0.1) is 0 Å². The lowest BCUT2D eigenvalue weighted by Gasteiger charge is -2.15. The SMILES string of the molecule is CCC(CCBr)NCc1ccncc1. The van der Waals surface area contributed by atoms with Gasteiger partial charge in [0.05, 0.1) is 0 Å². The normalized spacial score (nSPS) is 12.7. The van der Waals surface area contributed by atoms with Crippen LogP contribution in [0.4, 0.5) is 0 Å². The van der Waals surface area contributed by atoms with Gasteiger partial charge >= 0.3 is 0 Å². The maximum atomic E-state index is 3.99. The number of pyridine rings is 1. The molecule has 2 nitrogen and oxygen atoms in total. The fourth-order valence-electron chi connectivity index (χ4n) is 1.35. The van der Waals surface area contributed by atoms with E-state index >= 15 is 0 Å². The summed E-state index contributed by atoms with van der Waals surface area (Å²) in [5.41, 5.74) is 1.30. The van der Waals surface area contributed by atoms with Gasteiger partial charge in [0.25, 0.3) is 0 Å². The summed E-state index contributed by atoms with van der Waals surface area (Å²) in [5.74, 6) is 0. The topological polar surface area (TPSA) is 24.9 Å². The predicted octanol–water partition coefficient (Wildman–Crippen LogP) is 2.73. The number of aromatic nitrogens is 1. The lowest BCUT2D eigenvalue weighted by molar-refractivity contribution is 0.488. The van der Waals surface area contributed by atoms with E-state index in [0.717, 1.165) is 11.9 Å². The third kappa shape index (κ3) is 4.20. The van der Waals surface area contributed by atoms with E-state index in [0.29, 0.717) is 6.04 Å². The number of alkyl halides is 1. The van der Waals surface area contributed by atoms with Crippen molar-refractivity contribution in [1.29, 1.82) is 0 Å². The predicted molar refractivity (Wildman–Crippen MR) is 63.6 cm³/mol. The summed E-state index contributed by atoms with van der Waals surface area (Å²) in [6, 6.07) is 4.71. The van der Waals surface area contributed by atoms with Gasteiger partial charge in [-0.1, -0.05) is 22.9 Å². The van der Waals surface area contributed by atoms with Crippen LogP contribution in [0.3, 0.4) is 0 Å². The Hall–Kier alpha value is -0.410. The molecule has 0 amide bonds. The minimum absolute atomic E-state index is 0.613. The molecule has 0 aliphatic carbocycles. The molecule has 78 valence electrons. The van der Waals surface area contributed by atoms with Gasteiger partial charge in [-0.25, -0.2) is 0 Å². The van der Waals surface area contributed by atoms with Crippen LogP contribution in [-0.4, -0.2) is 16.4 Å². The van der Waals surface area contributed by atoms with E-state index < -0.39 is 0 Å². The number of nitrogens with zero attached hydrogens (tertiary/aromatic N) is 1. The van der Waals surface area contributed by atoms with Crippen molar-refractivity contribution in [2.75, 3.05) is 5.33 Å². The van der Waals surface area contributed by atoms with Crippen LogP contribution in [0.15, 0.2) is 24.5 Å². The molecule has 0 radical (unpaired) electrons. The molecule has 0 aliphatic heterocycles. The molecular formula is C11H17BrN2. The number of hydrogen-bond acceptors (Lipinski definition) is 2. The molecule has 14 heavy (non-hydrogen) atoms. The zero-order valence-electron chi connectivity index (χ0n) is 8.54. The molecular weight excluding hydrogens is 240 g/mol. The monoisotopic (exact) mass is 256 g/mol. The summed E-state index contributed by atoms with van der Waals surface area (Å²) in [5, 5.41) is 4.59.